The molecule has 1 heterocycles. The summed E-state index contributed by atoms with van der Waals surface area (Å²) in [5.41, 5.74) is 9.50. The Morgan fingerprint density at radius 1 is 1.30 bits per heavy atom. The standard InChI is InChI=1S/C19H26N4O3S/c1-4-6-7-10-26-16-11-14(8-9-15(16)25-5-2)12-21-23-18(24)17-13(3)22-19(20)27-17/h8-9,11-12H,4-7,10H2,1-3H3,(H2,20,22)(H,23,24)/b21-12+. The number of thiazole rings is 1. The number of nitrogens with zero attached hydrogens (tertiary/aromatic N) is 2. The number of nitrogen functional groups attached to an aromatic ring is 1. The first-order valence-corrected chi connectivity index (χ1v) is 9.82. The van der Waals surface area contributed by atoms with Crippen LogP contribution in [0.15, 0.2) is 23.3 Å². The van der Waals surface area contributed by atoms with E-state index in [1.54, 1.807) is 13.1 Å². The molecular formula is C19H26N4O3S. The summed E-state index contributed by atoms with van der Waals surface area (Å²) in [5.74, 6) is 1.04. The summed E-state index contributed by atoms with van der Waals surface area (Å²) in [6.45, 7) is 7.02. The van der Waals surface area contributed by atoms with E-state index in [4.69, 9.17) is 15.2 Å². The minimum absolute atomic E-state index is 0.333. The second-order valence-corrected chi connectivity index (χ2v) is 6.89. The van der Waals surface area contributed by atoms with E-state index in [-0.39, 0.29) is 5.91 Å². The molecule has 27 heavy (non-hydrogen) atoms. The van der Waals surface area contributed by atoms with Gasteiger partial charge in [-0.1, -0.05) is 31.1 Å². The van der Waals surface area contributed by atoms with Crippen molar-refractivity contribution in [1.82, 2.24) is 10.4 Å². The van der Waals surface area contributed by atoms with Gasteiger partial charge in [0.05, 0.1) is 25.1 Å². The van der Waals surface area contributed by atoms with Crippen LogP contribution in [0.1, 0.15) is 54.0 Å². The topological polar surface area (TPSA) is 98.8 Å². The number of anilines is 1. The predicted molar refractivity (Wildman–Crippen MR) is 109 cm³/mol. The third kappa shape index (κ3) is 6.25. The van der Waals surface area contributed by atoms with Crippen LogP contribution >= 0.6 is 11.3 Å². The summed E-state index contributed by atoms with van der Waals surface area (Å²) in [7, 11) is 0. The van der Waals surface area contributed by atoms with E-state index >= 15 is 0 Å². The number of unbranched alkanes of at least 4 members (excludes halogenated alkanes) is 2. The van der Waals surface area contributed by atoms with Gasteiger partial charge in [0.15, 0.2) is 16.6 Å². The second-order valence-electron chi connectivity index (χ2n) is 5.86. The molecular weight excluding hydrogens is 364 g/mol. The van der Waals surface area contributed by atoms with Gasteiger partial charge < -0.3 is 15.2 Å². The van der Waals surface area contributed by atoms with E-state index in [1.807, 2.05) is 25.1 Å². The zero-order chi connectivity index (χ0) is 19.6. The molecule has 0 spiro atoms. The Labute approximate surface area is 163 Å². The highest BCUT2D eigenvalue weighted by molar-refractivity contribution is 7.17. The molecule has 0 aliphatic rings. The molecule has 8 heteroatoms. The first-order valence-electron chi connectivity index (χ1n) is 9.01. The van der Waals surface area contributed by atoms with Gasteiger partial charge in [-0.3, -0.25) is 4.79 Å². The normalized spacial score (nSPS) is 10.9. The van der Waals surface area contributed by atoms with Crippen LogP contribution in [0.5, 0.6) is 11.5 Å². The lowest BCUT2D eigenvalue weighted by Crippen LogP contribution is -2.17. The minimum Gasteiger partial charge on any atom is -0.490 e. The van der Waals surface area contributed by atoms with Crippen molar-refractivity contribution in [3.05, 3.63) is 34.3 Å². The van der Waals surface area contributed by atoms with Crippen molar-refractivity contribution in [1.29, 1.82) is 0 Å². The maximum Gasteiger partial charge on any atom is 0.283 e. The van der Waals surface area contributed by atoms with Gasteiger partial charge in [-0.2, -0.15) is 5.10 Å². The number of carbonyl (C=O) groups excluding carboxylic acids is 1. The van der Waals surface area contributed by atoms with E-state index in [0.29, 0.717) is 40.4 Å². The molecule has 7 nitrogen and oxygen atoms in total. The van der Waals surface area contributed by atoms with Crippen molar-refractivity contribution in [2.45, 2.75) is 40.0 Å². The van der Waals surface area contributed by atoms with Crippen molar-refractivity contribution in [2.24, 2.45) is 5.10 Å². The number of aryl methyl sites for hydroxylation is 1. The van der Waals surface area contributed by atoms with Gasteiger partial charge in [-0.25, -0.2) is 10.4 Å². The largest absolute Gasteiger partial charge is 0.490 e. The van der Waals surface area contributed by atoms with Gasteiger partial charge in [-0.05, 0) is 44.0 Å². The first kappa shape index (κ1) is 20.7. The van der Waals surface area contributed by atoms with Crippen LogP contribution in [0.3, 0.4) is 0 Å². The average molecular weight is 391 g/mol. The third-order valence-electron chi connectivity index (χ3n) is 3.67. The summed E-state index contributed by atoms with van der Waals surface area (Å²) < 4.78 is 11.5. The summed E-state index contributed by atoms with van der Waals surface area (Å²) in [4.78, 5) is 16.6. The molecule has 0 bridgehead atoms. The zero-order valence-electron chi connectivity index (χ0n) is 15.9. The lowest BCUT2D eigenvalue weighted by molar-refractivity contribution is 0.0958. The van der Waals surface area contributed by atoms with Crippen LogP contribution in [0.25, 0.3) is 0 Å². The second kappa shape index (κ2) is 10.5. The van der Waals surface area contributed by atoms with Crippen molar-refractivity contribution in [3.63, 3.8) is 0 Å². The van der Waals surface area contributed by atoms with Crippen LogP contribution < -0.4 is 20.6 Å². The lowest BCUT2D eigenvalue weighted by Gasteiger charge is -2.12. The molecule has 1 amide bonds. The van der Waals surface area contributed by atoms with E-state index in [2.05, 4.69) is 22.4 Å². The lowest BCUT2D eigenvalue weighted by atomic mass is 10.2. The number of aromatic nitrogens is 1. The number of hydrazone groups is 1. The summed E-state index contributed by atoms with van der Waals surface area (Å²) >= 11 is 1.14. The van der Waals surface area contributed by atoms with Crippen LogP contribution in [-0.4, -0.2) is 30.3 Å². The molecule has 0 aliphatic carbocycles. The maximum absolute atomic E-state index is 12.1. The number of nitrogens with one attached hydrogen (secondary N) is 1. The number of amides is 1. The van der Waals surface area contributed by atoms with Gasteiger partial charge in [0.2, 0.25) is 0 Å². The molecule has 0 saturated carbocycles. The number of nitrogens with two attached hydrogens (primary N) is 1. The Morgan fingerprint density at radius 3 is 2.78 bits per heavy atom. The molecule has 3 N–H and O–H groups in total. The van der Waals surface area contributed by atoms with Gasteiger partial charge in [-0.15, -0.1) is 0 Å². The number of hydrogen-bond donors (Lipinski definition) is 2. The Morgan fingerprint density at radius 2 is 2.11 bits per heavy atom. The number of hydrogen-bond acceptors (Lipinski definition) is 7. The average Bonchev–Trinajstić information content (AvgIpc) is 2.99. The molecule has 2 aromatic rings. The van der Waals surface area contributed by atoms with Gasteiger partial charge in [0.25, 0.3) is 5.91 Å². The number of benzene rings is 1. The highest BCUT2D eigenvalue weighted by Crippen LogP contribution is 2.28. The molecule has 0 saturated heterocycles. The van der Waals surface area contributed by atoms with E-state index in [1.165, 1.54) is 0 Å². The fraction of sp³-hybridized carbons (Fsp3) is 0.421. The van der Waals surface area contributed by atoms with Crippen molar-refractivity contribution in [3.8, 4) is 11.5 Å². The van der Waals surface area contributed by atoms with Crippen molar-refractivity contribution >= 4 is 28.6 Å². The van der Waals surface area contributed by atoms with Crippen molar-refractivity contribution in [2.75, 3.05) is 18.9 Å². The molecule has 0 radical (unpaired) electrons. The SMILES string of the molecule is CCCCCOc1cc(/C=N/NC(=O)c2sc(N)nc2C)ccc1OCC. The molecule has 0 unspecified atom stereocenters. The Bertz CT molecular complexity index is 789. The zero-order valence-corrected chi connectivity index (χ0v) is 16.8. The minimum atomic E-state index is -0.333. The van der Waals surface area contributed by atoms with Gasteiger partial charge in [0, 0.05) is 0 Å². The molecule has 1 aromatic carbocycles. The fourth-order valence-corrected chi connectivity index (χ4v) is 3.09. The summed E-state index contributed by atoms with van der Waals surface area (Å²) in [6, 6.07) is 5.55. The van der Waals surface area contributed by atoms with Crippen LogP contribution in [-0.2, 0) is 0 Å². The van der Waals surface area contributed by atoms with Gasteiger partial charge in [0.1, 0.15) is 4.88 Å². The summed E-state index contributed by atoms with van der Waals surface area (Å²) in [5, 5.41) is 4.37. The molecule has 2 rings (SSSR count). The van der Waals surface area contributed by atoms with E-state index < -0.39 is 0 Å². The Kier molecular flexibility index (Phi) is 8.06. The highest BCUT2D eigenvalue weighted by atomic mass is 32.1. The molecule has 1 aromatic heterocycles. The van der Waals surface area contributed by atoms with Gasteiger partial charge >= 0.3 is 0 Å². The molecule has 0 aliphatic heterocycles. The Balaban J connectivity index is 2.02. The number of rotatable bonds is 10. The smallest absolute Gasteiger partial charge is 0.283 e. The first-order chi connectivity index (χ1) is 13.0. The third-order valence-corrected chi connectivity index (χ3v) is 4.66. The highest BCUT2D eigenvalue weighted by Gasteiger charge is 2.13. The molecule has 0 fully saturated rings. The monoisotopic (exact) mass is 390 g/mol. The number of carbonyl (C=O) groups is 1. The molecule has 0 atom stereocenters. The van der Waals surface area contributed by atoms with Crippen molar-refractivity contribution < 1.29 is 14.3 Å². The summed E-state index contributed by atoms with van der Waals surface area (Å²) in [6.07, 6.45) is 4.82. The maximum atomic E-state index is 12.1. The quantitative estimate of drug-likeness (QED) is 0.365. The predicted octanol–water partition coefficient (Wildman–Crippen LogP) is 3.77. The van der Waals surface area contributed by atoms with E-state index in [0.717, 1.165) is 36.2 Å². The van der Waals surface area contributed by atoms with E-state index in [9.17, 15) is 4.79 Å². The fourth-order valence-electron chi connectivity index (χ4n) is 2.37. The van der Waals surface area contributed by atoms with Crippen LogP contribution in [0.4, 0.5) is 5.13 Å². The van der Waals surface area contributed by atoms with Crippen LogP contribution in [0, 0.1) is 6.92 Å². The number of ether oxygens (including phenoxy) is 2. The molecule has 146 valence electrons. The van der Waals surface area contributed by atoms with Crippen LogP contribution in [0.2, 0.25) is 0 Å². The Hall–Kier alpha value is -2.61.